The van der Waals surface area contributed by atoms with Crippen LogP contribution < -0.4 is 0 Å². The van der Waals surface area contributed by atoms with Crippen LogP contribution in [0.4, 0.5) is 4.39 Å². The lowest BCUT2D eigenvalue weighted by atomic mass is 10.3. The summed E-state index contributed by atoms with van der Waals surface area (Å²) in [6, 6.07) is 3.27. The van der Waals surface area contributed by atoms with Crippen molar-refractivity contribution in [2.24, 2.45) is 0 Å². The Labute approximate surface area is 86.7 Å². The molecule has 1 unspecified atom stereocenters. The number of esters is 1. The Kier molecular flexibility index (Phi) is 3.86. The first-order valence-corrected chi connectivity index (χ1v) is 4.53. The quantitative estimate of drug-likeness (QED) is 0.770. The average Bonchev–Trinajstić information content (AvgIpc) is 2.65. The first-order valence-electron chi connectivity index (χ1n) is 4.53. The first kappa shape index (κ1) is 11.2. The van der Waals surface area contributed by atoms with Gasteiger partial charge in [-0.25, -0.2) is 9.18 Å². The molecule has 1 heterocycles. The van der Waals surface area contributed by atoms with Crippen molar-refractivity contribution in [3.8, 4) is 6.07 Å². The van der Waals surface area contributed by atoms with Crippen molar-refractivity contribution in [1.29, 1.82) is 5.26 Å². The highest BCUT2D eigenvalue weighted by atomic mass is 19.1. The summed E-state index contributed by atoms with van der Waals surface area (Å²) in [6.07, 6.45) is 0.600. The van der Waals surface area contributed by atoms with Crippen LogP contribution in [0.15, 0.2) is 12.3 Å². The summed E-state index contributed by atoms with van der Waals surface area (Å²) >= 11 is 0. The number of aromatic nitrogens is 1. The topological polar surface area (TPSA) is 65.9 Å². The second kappa shape index (κ2) is 5.15. The van der Waals surface area contributed by atoms with Crippen molar-refractivity contribution in [2.45, 2.75) is 19.5 Å². The van der Waals surface area contributed by atoms with E-state index in [-0.39, 0.29) is 18.7 Å². The molecule has 0 radical (unpaired) electrons. The number of halogens is 1. The van der Waals surface area contributed by atoms with Gasteiger partial charge in [0.15, 0.2) is 0 Å². The maximum absolute atomic E-state index is 12.4. The number of nitriles is 1. The van der Waals surface area contributed by atoms with Gasteiger partial charge in [0.25, 0.3) is 0 Å². The van der Waals surface area contributed by atoms with Crippen LogP contribution in [0.2, 0.25) is 0 Å². The van der Waals surface area contributed by atoms with Crippen molar-refractivity contribution >= 4 is 5.97 Å². The van der Waals surface area contributed by atoms with Crippen LogP contribution in [-0.4, -0.2) is 23.7 Å². The zero-order valence-corrected chi connectivity index (χ0v) is 8.29. The highest BCUT2D eigenvalue weighted by molar-refractivity contribution is 5.87. The molecule has 0 saturated heterocycles. The minimum Gasteiger partial charge on any atom is -0.461 e. The summed E-state index contributed by atoms with van der Waals surface area (Å²) in [4.78, 5) is 13.9. The second-order valence-corrected chi connectivity index (χ2v) is 3.12. The summed E-state index contributed by atoms with van der Waals surface area (Å²) in [5, 5.41) is 8.51. The lowest BCUT2D eigenvalue weighted by Crippen LogP contribution is -2.09. The molecule has 1 N–H and O–H groups in total. The molecule has 80 valence electrons. The monoisotopic (exact) mass is 210 g/mol. The van der Waals surface area contributed by atoms with Crippen LogP contribution in [0, 0.1) is 11.3 Å². The van der Waals surface area contributed by atoms with Crippen LogP contribution in [0.1, 0.15) is 29.4 Å². The molecule has 15 heavy (non-hydrogen) atoms. The Hall–Kier alpha value is -1.83. The van der Waals surface area contributed by atoms with Crippen molar-refractivity contribution in [2.75, 3.05) is 6.61 Å². The van der Waals surface area contributed by atoms with Gasteiger partial charge in [-0.2, -0.15) is 5.26 Å². The summed E-state index contributed by atoms with van der Waals surface area (Å²) in [7, 11) is 0. The summed E-state index contributed by atoms with van der Waals surface area (Å²) in [6.45, 7) is 1.44. The molecule has 1 aromatic rings. The van der Waals surface area contributed by atoms with Gasteiger partial charge in [0.05, 0.1) is 12.2 Å². The molecule has 0 aromatic carbocycles. The van der Waals surface area contributed by atoms with Gasteiger partial charge < -0.3 is 9.72 Å². The number of carbonyl (C=O) groups is 1. The van der Waals surface area contributed by atoms with Gasteiger partial charge in [-0.15, -0.1) is 0 Å². The zero-order chi connectivity index (χ0) is 11.3. The van der Waals surface area contributed by atoms with E-state index in [9.17, 15) is 9.18 Å². The van der Waals surface area contributed by atoms with E-state index in [4.69, 9.17) is 10.00 Å². The molecule has 0 bridgehead atoms. The Balaban J connectivity index is 2.44. The minimum absolute atomic E-state index is 0.0391. The number of carbonyl (C=O) groups excluding carboxylic acids is 1. The number of rotatable bonds is 4. The first-order chi connectivity index (χ1) is 7.13. The fraction of sp³-hybridized carbons (Fsp3) is 0.400. The van der Waals surface area contributed by atoms with E-state index in [2.05, 4.69) is 4.98 Å². The van der Waals surface area contributed by atoms with Crippen molar-refractivity contribution in [3.63, 3.8) is 0 Å². The predicted octanol–water partition coefficient (Wildman–Crippen LogP) is 1.79. The molecule has 0 fully saturated rings. The van der Waals surface area contributed by atoms with Gasteiger partial charge in [-0.05, 0) is 13.0 Å². The summed E-state index contributed by atoms with van der Waals surface area (Å²) in [5.41, 5.74) is 0.568. The summed E-state index contributed by atoms with van der Waals surface area (Å²) < 4.78 is 17.1. The molecule has 0 aliphatic rings. The Morgan fingerprint density at radius 3 is 3.07 bits per heavy atom. The standard InChI is InChI=1S/C10H11FN2O2/c1-7(11)2-3-15-10(14)9-4-8(5-12)6-13-9/h4,6-7,13H,2-3H2,1H3. The lowest BCUT2D eigenvalue weighted by Gasteiger charge is -2.03. The highest BCUT2D eigenvalue weighted by Gasteiger charge is 2.10. The number of nitrogens with one attached hydrogen (secondary N) is 1. The van der Waals surface area contributed by atoms with Gasteiger partial charge in [-0.1, -0.05) is 0 Å². The highest BCUT2D eigenvalue weighted by Crippen LogP contribution is 2.04. The molecular weight excluding hydrogens is 199 g/mol. The van der Waals surface area contributed by atoms with Crippen LogP contribution in [-0.2, 0) is 4.74 Å². The average molecular weight is 210 g/mol. The maximum atomic E-state index is 12.4. The predicted molar refractivity (Wildman–Crippen MR) is 51.0 cm³/mol. The number of aromatic amines is 1. The molecule has 0 amide bonds. The molecule has 1 atom stereocenters. The molecule has 1 aromatic heterocycles. The van der Waals surface area contributed by atoms with Gasteiger partial charge in [0.2, 0.25) is 0 Å². The van der Waals surface area contributed by atoms with Gasteiger partial charge in [0, 0.05) is 12.6 Å². The second-order valence-electron chi connectivity index (χ2n) is 3.12. The van der Waals surface area contributed by atoms with Crippen molar-refractivity contribution in [3.05, 3.63) is 23.5 Å². The molecule has 5 heteroatoms. The third-order valence-corrected chi connectivity index (χ3v) is 1.78. The molecule has 0 aliphatic carbocycles. The zero-order valence-electron chi connectivity index (χ0n) is 8.29. The number of alkyl halides is 1. The van der Waals surface area contributed by atoms with Crippen LogP contribution >= 0.6 is 0 Å². The SMILES string of the molecule is CC(F)CCOC(=O)c1cc(C#N)c[nH]1. The molecule has 0 saturated carbocycles. The Morgan fingerprint density at radius 1 is 1.80 bits per heavy atom. The number of hydrogen-bond acceptors (Lipinski definition) is 3. The van der Waals surface area contributed by atoms with Gasteiger partial charge in [0.1, 0.15) is 17.9 Å². The fourth-order valence-corrected chi connectivity index (χ4v) is 0.969. The van der Waals surface area contributed by atoms with Gasteiger partial charge in [-0.3, -0.25) is 0 Å². The molecule has 4 nitrogen and oxygen atoms in total. The normalized spacial score (nSPS) is 11.8. The number of ether oxygens (including phenoxy) is 1. The molecule has 0 spiro atoms. The van der Waals surface area contributed by atoms with Crippen LogP contribution in [0.5, 0.6) is 0 Å². The number of H-pyrrole nitrogens is 1. The van der Waals surface area contributed by atoms with Crippen molar-refractivity contribution < 1.29 is 13.9 Å². The minimum atomic E-state index is -0.990. The maximum Gasteiger partial charge on any atom is 0.354 e. The van der Waals surface area contributed by atoms with E-state index >= 15 is 0 Å². The summed E-state index contributed by atoms with van der Waals surface area (Å²) in [5.74, 6) is -0.572. The van der Waals surface area contributed by atoms with E-state index in [1.807, 2.05) is 6.07 Å². The Morgan fingerprint density at radius 2 is 2.53 bits per heavy atom. The van der Waals surface area contributed by atoms with E-state index < -0.39 is 12.1 Å². The molecular formula is C10H11FN2O2. The third-order valence-electron chi connectivity index (χ3n) is 1.78. The molecule has 0 aliphatic heterocycles. The molecule has 1 rings (SSSR count). The van der Waals surface area contributed by atoms with Gasteiger partial charge >= 0.3 is 5.97 Å². The Bertz CT molecular complexity index is 379. The smallest absolute Gasteiger partial charge is 0.354 e. The van der Waals surface area contributed by atoms with E-state index in [0.29, 0.717) is 5.56 Å². The van der Waals surface area contributed by atoms with E-state index in [1.54, 1.807) is 0 Å². The van der Waals surface area contributed by atoms with E-state index in [1.165, 1.54) is 19.2 Å². The van der Waals surface area contributed by atoms with E-state index in [0.717, 1.165) is 0 Å². The van der Waals surface area contributed by atoms with Crippen molar-refractivity contribution in [1.82, 2.24) is 4.98 Å². The number of nitrogens with zero attached hydrogens (tertiary/aromatic N) is 1. The largest absolute Gasteiger partial charge is 0.461 e. The fourth-order valence-electron chi connectivity index (χ4n) is 0.969. The number of hydrogen-bond donors (Lipinski definition) is 1. The lowest BCUT2D eigenvalue weighted by molar-refractivity contribution is 0.0471. The van der Waals surface area contributed by atoms with Crippen LogP contribution in [0.3, 0.4) is 0 Å². The van der Waals surface area contributed by atoms with Crippen LogP contribution in [0.25, 0.3) is 0 Å². The third kappa shape index (κ3) is 3.43.